The Hall–Kier alpha value is -3.90. The summed E-state index contributed by atoms with van der Waals surface area (Å²) in [6.07, 6.45) is 0. The zero-order valence-corrected chi connectivity index (χ0v) is 22.4. The van der Waals surface area contributed by atoms with Gasteiger partial charge in [0, 0.05) is 0 Å². The molecule has 6 heteroatoms. The molecule has 0 aliphatic heterocycles. The molecule has 0 unspecified atom stereocenters. The van der Waals surface area contributed by atoms with Crippen LogP contribution >= 0.6 is 0 Å². The first-order valence-corrected chi connectivity index (χ1v) is 13.7. The lowest BCUT2D eigenvalue weighted by atomic mass is 9.95. The number of carbonyl (C=O) groups is 1. The Morgan fingerprint density at radius 1 is 0.757 bits per heavy atom. The van der Waals surface area contributed by atoms with E-state index < -0.39 is 22.0 Å². The molecule has 1 atom stereocenters. The third kappa shape index (κ3) is 6.09. The zero-order chi connectivity index (χ0) is 26.6. The van der Waals surface area contributed by atoms with Crippen molar-refractivity contribution in [2.24, 2.45) is 0 Å². The Labute approximate surface area is 219 Å². The lowest BCUT2D eigenvalue weighted by Gasteiger charge is -2.27. The van der Waals surface area contributed by atoms with Crippen LogP contribution in [0.15, 0.2) is 102 Å². The fourth-order valence-electron chi connectivity index (χ4n) is 4.48. The van der Waals surface area contributed by atoms with Gasteiger partial charge in [0.05, 0.1) is 16.6 Å². The summed E-state index contributed by atoms with van der Waals surface area (Å²) in [6, 6.07) is 29.4. The molecule has 4 rings (SSSR count). The lowest BCUT2D eigenvalue weighted by molar-refractivity contribution is -0.120. The van der Waals surface area contributed by atoms with E-state index in [0.29, 0.717) is 5.69 Å². The molecule has 4 aromatic rings. The van der Waals surface area contributed by atoms with Gasteiger partial charge in [-0.15, -0.1) is 0 Å². The highest BCUT2D eigenvalue weighted by atomic mass is 32.2. The normalized spacial score (nSPS) is 12.1. The molecule has 0 radical (unpaired) electrons. The summed E-state index contributed by atoms with van der Waals surface area (Å²) in [7, 11) is -4.00. The summed E-state index contributed by atoms with van der Waals surface area (Å²) in [4.78, 5) is 13.7. The molecular formula is C31H32N2O3S. The Balaban J connectivity index is 1.73. The van der Waals surface area contributed by atoms with Crippen molar-refractivity contribution in [1.82, 2.24) is 5.32 Å². The quantitative estimate of drug-likeness (QED) is 0.314. The molecule has 37 heavy (non-hydrogen) atoms. The van der Waals surface area contributed by atoms with Crippen LogP contribution in [0, 0.1) is 27.7 Å². The molecular weight excluding hydrogens is 480 g/mol. The number of benzene rings is 4. The molecule has 0 bridgehead atoms. The van der Waals surface area contributed by atoms with Crippen LogP contribution in [0.25, 0.3) is 0 Å². The number of rotatable bonds is 8. The number of hydrogen-bond acceptors (Lipinski definition) is 3. The molecule has 1 amide bonds. The van der Waals surface area contributed by atoms with Gasteiger partial charge in [-0.3, -0.25) is 9.10 Å². The Bertz CT molecular complexity index is 1480. The van der Waals surface area contributed by atoms with E-state index in [1.807, 2.05) is 88.4 Å². The molecule has 0 aliphatic rings. The molecule has 0 saturated heterocycles. The second-order valence-corrected chi connectivity index (χ2v) is 11.3. The van der Waals surface area contributed by atoms with Gasteiger partial charge in [0.2, 0.25) is 5.91 Å². The third-order valence-electron chi connectivity index (χ3n) is 6.33. The molecule has 190 valence electrons. The fourth-order valence-corrected chi connectivity index (χ4v) is 5.89. The van der Waals surface area contributed by atoms with E-state index in [-0.39, 0.29) is 11.4 Å². The van der Waals surface area contributed by atoms with Crippen molar-refractivity contribution in [3.8, 4) is 0 Å². The number of nitrogens with zero attached hydrogens (tertiary/aromatic N) is 1. The van der Waals surface area contributed by atoms with E-state index in [2.05, 4.69) is 5.32 Å². The molecule has 0 aliphatic carbocycles. The standard InChI is InChI=1S/C31H32N2O3S/c1-22-14-16-28(17-15-22)37(35,36)33(27-19-23(2)18-24(3)20-27)21-30(34)32-31(26-11-6-5-7-12-26)29-13-9-8-10-25(29)4/h5-20,31H,21H2,1-4H3,(H,32,34)/t31-/m1/s1. The molecule has 0 heterocycles. The van der Waals surface area contributed by atoms with Crippen molar-refractivity contribution < 1.29 is 13.2 Å². The molecule has 0 saturated carbocycles. The highest BCUT2D eigenvalue weighted by Crippen LogP contribution is 2.28. The van der Waals surface area contributed by atoms with E-state index in [1.54, 1.807) is 36.4 Å². The van der Waals surface area contributed by atoms with Crippen LogP contribution in [0.4, 0.5) is 5.69 Å². The second kappa shape index (κ2) is 11.0. The molecule has 0 fully saturated rings. The minimum absolute atomic E-state index is 0.142. The van der Waals surface area contributed by atoms with E-state index in [1.165, 1.54) is 4.31 Å². The predicted octanol–water partition coefficient (Wildman–Crippen LogP) is 6.02. The summed E-state index contributed by atoms with van der Waals surface area (Å²) in [6.45, 7) is 7.38. The van der Waals surface area contributed by atoms with Gasteiger partial charge in [0.1, 0.15) is 6.54 Å². The van der Waals surface area contributed by atoms with Crippen molar-refractivity contribution in [3.05, 3.63) is 130 Å². The van der Waals surface area contributed by atoms with E-state index in [9.17, 15) is 13.2 Å². The highest BCUT2D eigenvalue weighted by Gasteiger charge is 2.29. The van der Waals surface area contributed by atoms with E-state index >= 15 is 0 Å². The molecule has 5 nitrogen and oxygen atoms in total. The zero-order valence-electron chi connectivity index (χ0n) is 21.6. The summed E-state index contributed by atoms with van der Waals surface area (Å²) in [5.41, 5.74) is 6.17. The number of amides is 1. The average molecular weight is 513 g/mol. The van der Waals surface area contributed by atoms with Crippen molar-refractivity contribution in [2.75, 3.05) is 10.8 Å². The summed E-state index contributed by atoms with van der Waals surface area (Å²) in [5.74, 6) is -0.396. The van der Waals surface area contributed by atoms with Crippen LogP contribution in [0.3, 0.4) is 0 Å². The van der Waals surface area contributed by atoms with Crippen LogP contribution in [-0.4, -0.2) is 20.9 Å². The highest BCUT2D eigenvalue weighted by molar-refractivity contribution is 7.92. The first-order chi connectivity index (χ1) is 17.6. The Morgan fingerprint density at radius 3 is 1.97 bits per heavy atom. The molecule has 0 spiro atoms. The number of nitrogens with one attached hydrogen (secondary N) is 1. The van der Waals surface area contributed by atoms with Crippen LogP contribution in [0.2, 0.25) is 0 Å². The summed E-state index contributed by atoms with van der Waals surface area (Å²) in [5, 5.41) is 3.11. The van der Waals surface area contributed by atoms with Crippen molar-refractivity contribution in [1.29, 1.82) is 0 Å². The third-order valence-corrected chi connectivity index (χ3v) is 8.12. The largest absolute Gasteiger partial charge is 0.344 e. The van der Waals surface area contributed by atoms with Crippen LogP contribution in [0.5, 0.6) is 0 Å². The average Bonchev–Trinajstić information content (AvgIpc) is 2.86. The minimum Gasteiger partial charge on any atom is -0.344 e. The van der Waals surface area contributed by atoms with Crippen molar-refractivity contribution >= 4 is 21.6 Å². The molecule has 4 aromatic carbocycles. The van der Waals surface area contributed by atoms with Crippen LogP contribution in [0.1, 0.15) is 39.4 Å². The monoisotopic (exact) mass is 512 g/mol. The minimum atomic E-state index is -4.00. The Morgan fingerprint density at radius 2 is 1.35 bits per heavy atom. The molecule has 1 N–H and O–H groups in total. The smallest absolute Gasteiger partial charge is 0.264 e. The van der Waals surface area contributed by atoms with Gasteiger partial charge in [-0.25, -0.2) is 8.42 Å². The second-order valence-electron chi connectivity index (χ2n) is 9.44. The number of hydrogen-bond donors (Lipinski definition) is 1. The Kier molecular flexibility index (Phi) is 7.79. The fraction of sp³-hybridized carbons (Fsp3) is 0.194. The SMILES string of the molecule is Cc1ccc(S(=O)(=O)N(CC(=O)N[C@H](c2ccccc2)c2ccccc2C)c2cc(C)cc(C)c2)cc1. The lowest BCUT2D eigenvalue weighted by Crippen LogP contribution is -2.42. The van der Waals surface area contributed by atoms with Crippen LogP contribution in [-0.2, 0) is 14.8 Å². The summed E-state index contributed by atoms with van der Waals surface area (Å²) >= 11 is 0. The maximum atomic E-state index is 13.8. The summed E-state index contributed by atoms with van der Waals surface area (Å²) < 4.78 is 28.9. The predicted molar refractivity (Wildman–Crippen MR) is 149 cm³/mol. The maximum Gasteiger partial charge on any atom is 0.264 e. The topological polar surface area (TPSA) is 66.5 Å². The van der Waals surface area contributed by atoms with Gasteiger partial charge in [0.25, 0.3) is 10.0 Å². The first kappa shape index (κ1) is 26.2. The maximum absolute atomic E-state index is 13.8. The number of carbonyl (C=O) groups excluding carboxylic acids is 1. The van der Waals surface area contributed by atoms with Gasteiger partial charge < -0.3 is 5.32 Å². The molecule has 0 aromatic heterocycles. The number of anilines is 1. The van der Waals surface area contributed by atoms with Crippen LogP contribution < -0.4 is 9.62 Å². The van der Waals surface area contributed by atoms with Gasteiger partial charge in [-0.1, -0.05) is 78.4 Å². The van der Waals surface area contributed by atoms with Gasteiger partial charge in [-0.05, 0) is 79.8 Å². The van der Waals surface area contributed by atoms with E-state index in [4.69, 9.17) is 0 Å². The number of aryl methyl sites for hydroxylation is 4. The first-order valence-electron chi connectivity index (χ1n) is 12.2. The van der Waals surface area contributed by atoms with Crippen molar-refractivity contribution in [3.63, 3.8) is 0 Å². The van der Waals surface area contributed by atoms with Crippen molar-refractivity contribution in [2.45, 2.75) is 38.6 Å². The van der Waals surface area contributed by atoms with Gasteiger partial charge >= 0.3 is 0 Å². The van der Waals surface area contributed by atoms with Gasteiger partial charge in [-0.2, -0.15) is 0 Å². The van der Waals surface area contributed by atoms with Gasteiger partial charge in [0.15, 0.2) is 0 Å². The van der Waals surface area contributed by atoms with E-state index in [0.717, 1.165) is 33.4 Å². The number of sulfonamides is 1.